The molecule has 2 unspecified atom stereocenters. The summed E-state index contributed by atoms with van der Waals surface area (Å²) in [7, 11) is 0. The second-order valence-corrected chi connectivity index (χ2v) is 4.91. The molecule has 0 aliphatic heterocycles. The van der Waals surface area contributed by atoms with E-state index >= 15 is 0 Å². The van der Waals surface area contributed by atoms with E-state index in [4.69, 9.17) is 17.3 Å². The number of benzene rings is 1. The molecule has 0 saturated carbocycles. The number of anilines is 1. The molecule has 1 aromatic rings. The molecule has 0 saturated heterocycles. The fourth-order valence-electron chi connectivity index (χ4n) is 1.69. The minimum absolute atomic E-state index is 0.308. The van der Waals surface area contributed by atoms with Gasteiger partial charge in [-0.25, -0.2) is 0 Å². The lowest BCUT2D eigenvalue weighted by Crippen LogP contribution is -2.20. The number of aliphatic hydroxyl groups is 2. The van der Waals surface area contributed by atoms with Gasteiger partial charge in [-0.05, 0) is 24.0 Å². The summed E-state index contributed by atoms with van der Waals surface area (Å²) >= 11 is 5.55. The first kappa shape index (κ1) is 14.3. The zero-order valence-electron chi connectivity index (χ0n) is 10.2. The Hall–Kier alpha value is -0.770. The molecule has 0 aliphatic rings. The molecule has 1 rings (SSSR count). The molecule has 3 nitrogen and oxygen atoms in total. The number of hydrogen-bond acceptors (Lipinski definition) is 3. The number of hydrogen-bond donors (Lipinski definition) is 3. The van der Waals surface area contributed by atoms with Crippen LogP contribution in [0.2, 0.25) is 0 Å². The highest BCUT2D eigenvalue weighted by molar-refractivity contribution is 6.17. The lowest BCUT2D eigenvalue weighted by Gasteiger charge is -2.20. The van der Waals surface area contributed by atoms with E-state index in [1.165, 1.54) is 0 Å². The third kappa shape index (κ3) is 3.60. The van der Waals surface area contributed by atoms with Gasteiger partial charge in [0.15, 0.2) is 0 Å². The first-order chi connectivity index (χ1) is 7.97. The number of aliphatic hydroxyl groups excluding tert-OH is 2. The first-order valence-corrected chi connectivity index (χ1v) is 6.32. The molecule has 0 aliphatic carbocycles. The molecular weight excluding hydrogens is 238 g/mol. The maximum atomic E-state index is 10.0. The number of rotatable bonds is 5. The predicted octanol–water partition coefficient (Wildman–Crippen LogP) is 2.42. The first-order valence-electron chi connectivity index (χ1n) is 5.78. The van der Waals surface area contributed by atoms with Crippen molar-refractivity contribution in [2.24, 2.45) is 0 Å². The summed E-state index contributed by atoms with van der Waals surface area (Å²) in [5, 5.41) is 19.8. The Bertz CT molecular complexity index is 368. The van der Waals surface area contributed by atoms with Gasteiger partial charge in [-0.2, -0.15) is 0 Å². The van der Waals surface area contributed by atoms with Crippen molar-refractivity contribution in [2.45, 2.75) is 38.4 Å². The van der Waals surface area contributed by atoms with Gasteiger partial charge in [0.1, 0.15) is 6.10 Å². The second kappa shape index (κ2) is 6.24. The summed E-state index contributed by atoms with van der Waals surface area (Å²) in [5.74, 6) is 0.661. The van der Waals surface area contributed by atoms with Crippen LogP contribution in [0.15, 0.2) is 18.2 Å². The van der Waals surface area contributed by atoms with E-state index in [1.807, 2.05) is 12.1 Å². The molecule has 96 valence electrons. The number of halogens is 1. The summed E-state index contributed by atoms with van der Waals surface area (Å²) < 4.78 is 0. The lowest BCUT2D eigenvalue weighted by atomic mass is 9.95. The van der Waals surface area contributed by atoms with Crippen molar-refractivity contribution in [1.82, 2.24) is 0 Å². The van der Waals surface area contributed by atoms with Crippen LogP contribution in [-0.4, -0.2) is 22.2 Å². The maximum Gasteiger partial charge on any atom is 0.107 e. The van der Waals surface area contributed by atoms with Gasteiger partial charge in [0.25, 0.3) is 0 Å². The lowest BCUT2D eigenvalue weighted by molar-refractivity contribution is 0.0174. The van der Waals surface area contributed by atoms with Crippen LogP contribution in [0.3, 0.4) is 0 Å². The molecule has 1 aromatic carbocycles. The average molecular weight is 258 g/mol. The van der Waals surface area contributed by atoms with Crippen molar-refractivity contribution >= 4 is 17.3 Å². The Kier molecular flexibility index (Phi) is 5.25. The minimum atomic E-state index is -0.979. The molecular formula is C13H20ClNO2. The predicted molar refractivity (Wildman–Crippen MR) is 71.2 cm³/mol. The highest BCUT2D eigenvalue weighted by Crippen LogP contribution is 2.28. The standard InChI is InChI=1S/C13H20ClNO2/c1-8(2)9-3-4-11(15)10(7-9)13(17)12(16)5-6-14/h3-4,7-8,12-13,16-17H,5-6,15H2,1-2H3. The summed E-state index contributed by atoms with van der Waals surface area (Å²) in [6.45, 7) is 4.13. The molecule has 0 amide bonds. The van der Waals surface area contributed by atoms with E-state index in [2.05, 4.69) is 13.8 Å². The van der Waals surface area contributed by atoms with Gasteiger partial charge >= 0.3 is 0 Å². The summed E-state index contributed by atoms with van der Waals surface area (Å²) in [6.07, 6.45) is -1.52. The molecule has 17 heavy (non-hydrogen) atoms. The van der Waals surface area contributed by atoms with Crippen LogP contribution < -0.4 is 5.73 Å². The highest BCUT2D eigenvalue weighted by atomic mass is 35.5. The van der Waals surface area contributed by atoms with Crippen LogP contribution in [0, 0.1) is 0 Å². The van der Waals surface area contributed by atoms with Crippen molar-refractivity contribution < 1.29 is 10.2 Å². The van der Waals surface area contributed by atoms with Crippen LogP contribution in [0.5, 0.6) is 0 Å². The quantitative estimate of drug-likeness (QED) is 0.561. The molecule has 4 heteroatoms. The SMILES string of the molecule is CC(C)c1ccc(N)c(C(O)C(O)CCCl)c1. The van der Waals surface area contributed by atoms with Gasteiger partial charge in [-0.1, -0.05) is 26.0 Å². The maximum absolute atomic E-state index is 10.0. The molecule has 0 fully saturated rings. The Morgan fingerprint density at radius 1 is 1.29 bits per heavy atom. The van der Waals surface area contributed by atoms with E-state index in [1.54, 1.807) is 6.07 Å². The molecule has 0 aromatic heterocycles. The minimum Gasteiger partial charge on any atom is -0.398 e. The Morgan fingerprint density at radius 2 is 1.94 bits per heavy atom. The number of nitrogen functional groups attached to an aromatic ring is 1. The van der Waals surface area contributed by atoms with Crippen LogP contribution in [0.1, 0.15) is 43.4 Å². The van der Waals surface area contributed by atoms with Crippen LogP contribution in [0.25, 0.3) is 0 Å². The molecule has 4 N–H and O–H groups in total. The monoisotopic (exact) mass is 257 g/mol. The zero-order chi connectivity index (χ0) is 13.0. The largest absolute Gasteiger partial charge is 0.398 e. The van der Waals surface area contributed by atoms with Crippen molar-refractivity contribution in [3.63, 3.8) is 0 Å². The second-order valence-electron chi connectivity index (χ2n) is 4.53. The smallest absolute Gasteiger partial charge is 0.107 e. The summed E-state index contributed by atoms with van der Waals surface area (Å²) in [4.78, 5) is 0. The van der Waals surface area contributed by atoms with Crippen LogP contribution >= 0.6 is 11.6 Å². The van der Waals surface area contributed by atoms with E-state index in [0.29, 0.717) is 29.5 Å². The van der Waals surface area contributed by atoms with Gasteiger partial charge in [-0.15, -0.1) is 11.6 Å². The van der Waals surface area contributed by atoms with E-state index in [9.17, 15) is 10.2 Å². The van der Waals surface area contributed by atoms with Crippen molar-refractivity contribution in [3.8, 4) is 0 Å². The molecule has 0 spiro atoms. The van der Waals surface area contributed by atoms with Crippen molar-refractivity contribution in [1.29, 1.82) is 0 Å². The number of nitrogens with two attached hydrogens (primary N) is 1. The average Bonchev–Trinajstić information content (AvgIpc) is 2.28. The van der Waals surface area contributed by atoms with Gasteiger partial charge in [0, 0.05) is 17.1 Å². The molecule has 0 heterocycles. The molecule has 2 atom stereocenters. The molecule has 0 radical (unpaired) electrons. The van der Waals surface area contributed by atoms with Gasteiger partial charge < -0.3 is 15.9 Å². The third-order valence-corrected chi connectivity index (χ3v) is 3.08. The zero-order valence-corrected chi connectivity index (χ0v) is 11.0. The van der Waals surface area contributed by atoms with Crippen LogP contribution in [0.4, 0.5) is 5.69 Å². The van der Waals surface area contributed by atoms with Crippen molar-refractivity contribution in [2.75, 3.05) is 11.6 Å². The fraction of sp³-hybridized carbons (Fsp3) is 0.538. The van der Waals surface area contributed by atoms with Gasteiger partial charge in [-0.3, -0.25) is 0 Å². The summed E-state index contributed by atoms with van der Waals surface area (Å²) in [5.41, 5.74) is 7.98. The van der Waals surface area contributed by atoms with Gasteiger partial charge in [0.05, 0.1) is 6.10 Å². The Balaban J connectivity index is 2.99. The van der Waals surface area contributed by atoms with Crippen LogP contribution in [-0.2, 0) is 0 Å². The van der Waals surface area contributed by atoms with Gasteiger partial charge in [0.2, 0.25) is 0 Å². The number of alkyl halides is 1. The topological polar surface area (TPSA) is 66.5 Å². The van der Waals surface area contributed by atoms with E-state index in [-0.39, 0.29) is 0 Å². The Labute approximate surface area is 107 Å². The summed E-state index contributed by atoms with van der Waals surface area (Å²) in [6, 6.07) is 5.55. The Morgan fingerprint density at radius 3 is 2.47 bits per heavy atom. The van der Waals surface area contributed by atoms with Crippen molar-refractivity contribution in [3.05, 3.63) is 29.3 Å². The molecule has 0 bridgehead atoms. The fourth-order valence-corrected chi connectivity index (χ4v) is 1.91. The third-order valence-electron chi connectivity index (χ3n) is 2.87. The highest BCUT2D eigenvalue weighted by Gasteiger charge is 2.20. The van der Waals surface area contributed by atoms with E-state index < -0.39 is 12.2 Å². The van der Waals surface area contributed by atoms with E-state index in [0.717, 1.165) is 5.56 Å². The normalized spacial score (nSPS) is 14.9.